The van der Waals surface area contributed by atoms with E-state index in [1.807, 2.05) is 33.6 Å². The predicted octanol–water partition coefficient (Wildman–Crippen LogP) is 4.55. The van der Waals surface area contributed by atoms with Gasteiger partial charge >= 0.3 is 5.97 Å². The zero-order valence-electron chi connectivity index (χ0n) is 15.8. The molecule has 1 atom stereocenters. The number of allylic oxidation sites excluding steroid dienone is 1. The molecule has 1 unspecified atom stereocenters. The Kier molecular flexibility index (Phi) is 7.12. The van der Waals surface area contributed by atoms with Crippen LogP contribution < -0.4 is 9.47 Å². The van der Waals surface area contributed by atoms with Crippen molar-refractivity contribution in [2.45, 2.75) is 6.35 Å². The highest BCUT2D eigenvalue weighted by atomic mass is 127. The number of esters is 1. The maximum absolute atomic E-state index is 12.1. The van der Waals surface area contributed by atoms with Crippen LogP contribution in [0.25, 0.3) is 5.57 Å². The molecule has 0 aliphatic carbocycles. The minimum Gasteiger partial charge on any atom is -0.503 e. The molecule has 8 heteroatoms. The lowest BCUT2D eigenvalue weighted by Crippen LogP contribution is -2.28. The molecule has 0 amide bonds. The zero-order chi connectivity index (χ0) is 20.6. The lowest BCUT2D eigenvalue weighted by molar-refractivity contribution is -0.133. The van der Waals surface area contributed by atoms with Gasteiger partial charge in [0.1, 0.15) is 22.8 Å². The first-order valence-electron chi connectivity index (χ1n) is 8.61. The summed E-state index contributed by atoms with van der Waals surface area (Å²) in [4.78, 5) is 16.4. The average molecular weight is 506 g/mol. The topological polar surface area (TPSA) is 69.6 Å². The van der Waals surface area contributed by atoms with Crippen LogP contribution in [0, 0.1) is 0 Å². The molecule has 1 aliphatic rings. The minimum atomic E-state index is -0.523. The lowest BCUT2D eigenvalue weighted by atomic mass is 10.1. The fourth-order valence-electron chi connectivity index (χ4n) is 2.55. The first kappa shape index (κ1) is 20.7. The van der Waals surface area contributed by atoms with Gasteiger partial charge in [-0.2, -0.15) is 0 Å². The fraction of sp³-hybridized carbons (Fsp3) is 0.143. The summed E-state index contributed by atoms with van der Waals surface area (Å²) in [5.41, 5.74) is 0.801. The number of ether oxygens (including phenoxy) is 4. The summed E-state index contributed by atoms with van der Waals surface area (Å²) in [7, 11) is 2.78. The lowest BCUT2D eigenvalue weighted by Gasteiger charge is -2.23. The van der Waals surface area contributed by atoms with Crippen molar-refractivity contribution >= 4 is 40.6 Å². The second-order valence-corrected chi connectivity index (χ2v) is 6.87. The Balaban J connectivity index is 1.84. The van der Waals surface area contributed by atoms with Crippen LogP contribution in [-0.2, 0) is 14.3 Å². The van der Waals surface area contributed by atoms with Crippen molar-refractivity contribution in [3.05, 3.63) is 72.6 Å². The molecule has 1 aliphatic heterocycles. The van der Waals surface area contributed by atoms with Crippen LogP contribution in [-0.4, -0.2) is 35.9 Å². The van der Waals surface area contributed by atoms with E-state index < -0.39 is 12.3 Å². The van der Waals surface area contributed by atoms with Gasteiger partial charge < -0.3 is 18.9 Å². The quantitative estimate of drug-likeness (QED) is 0.181. The molecule has 7 nitrogen and oxygen atoms in total. The molecule has 0 aromatic heterocycles. The van der Waals surface area contributed by atoms with E-state index in [0.29, 0.717) is 22.8 Å². The number of aliphatic imine (C=N–C) groups is 1. The molecule has 0 radical (unpaired) electrons. The van der Waals surface area contributed by atoms with E-state index in [2.05, 4.69) is 27.9 Å². The van der Waals surface area contributed by atoms with Crippen molar-refractivity contribution < 1.29 is 23.7 Å². The Bertz CT molecular complexity index is 958. The van der Waals surface area contributed by atoms with Crippen LogP contribution in [0.15, 0.2) is 72.1 Å². The minimum absolute atomic E-state index is 0.252. The monoisotopic (exact) mass is 506 g/mol. The molecule has 150 valence electrons. The van der Waals surface area contributed by atoms with Crippen molar-refractivity contribution in [2.75, 3.05) is 14.2 Å². The number of para-hydroxylation sites is 1. The summed E-state index contributed by atoms with van der Waals surface area (Å²) in [6, 6.07) is 14.3. The van der Waals surface area contributed by atoms with E-state index >= 15 is 0 Å². The molecule has 0 spiro atoms. The number of carbonyl (C=O) groups excluding carboxylic acids is 1. The maximum atomic E-state index is 12.1. The van der Waals surface area contributed by atoms with Crippen molar-refractivity contribution in [3.8, 4) is 17.2 Å². The number of methoxy groups -OCH3 is 2. The van der Waals surface area contributed by atoms with Gasteiger partial charge in [-0.15, -0.1) is 0 Å². The van der Waals surface area contributed by atoms with Crippen molar-refractivity contribution in [1.82, 2.24) is 3.11 Å². The van der Waals surface area contributed by atoms with Gasteiger partial charge in [-0.3, -0.25) is 3.11 Å². The second kappa shape index (κ2) is 9.97. The van der Waals surface area contributed by atoms with Gasteiger partial charge in [-0.1, -0.05) is 24.3 Å². The number of carbonyl (C=O) groups is 1. The SMILES string of the molecule is CO/C=C(/C(=O)OC)c1ccccc1Oc1cccc(OC2N=CC=CN2I)c1. The van der Waals surface area contributed by atoms with Gasteiger partial charge in [-0.05, 0) is 24.3 Å². The maximum Gasteiger partial charge on any atom is 0.341 e. The molecule has 0 N–H and O–H groups in total. The molecule has 2 aromatic rings. The Hall–Kier alpha value is -3.01. The Labute approximate surface area is 182 Å². The first-order chi connectivity index (χ1) is 14.1. The second-order valence-electron chi connectivity index (χ2n) is 5.76. The van der Waals surface area contributed by atoms with Gasteiger partial charge in [0.25, 0.3) is 6.35 Å². The number of hydrogen-bond acceptors (Lipinski definition) is 7. The predicted molar refractivity (Wildman–Crippen MR) is 118 cm³/mol. The summed E-state index contributed by atoms with van der Waals surface area (Å²) in [6.45, 7) is 0. The van der Waals surface area contributed by atoms with Crippen LogP contribution in [0.5, 0.6) is 17.2 Å². The highest BCUT2D eigenvalue weighted by molar-refractivity contribution is 14.1. The third kappa shape index (κ3) is 5.29. The fourth-order valence-corrected chi connectivity index (χ4v) is 2.99. The van der Waals surface area contributed by atoms with E-state index in [9.17, 15) is 4.79 Å². The Morgan fingerprint density at radius 2 is 1.93 bits per heavy atom. The normalized spacial score (nSPS) is 15.8. The van der Waals surface area contributed by atoms with E-state index in [0.717, 1.165) is 0 Å². The largest absolute Gasteiger partial charge is 0.503 e. The molecule has 3 rings (SSSR count). The van der Waals surface area contributed by atoms with Crippen LogP contribution >= 0.6 is 22.9 Å². The van der Waals surface area contributed by atoms with Gasteiger partial charge in [-0.25, -0.2) is 9.79 Å². The first-order valence-corrected chi connectivity index (χ1v) is 9.58. The molecule has 0 fully saturated rings. The number of benzene rings is 2. The smallest absolute Gasteiger partial charge is 0.341 e. The Morgan fingerprint density at radius 1 is 1.14 bits per heavy atom. The summed E-state index contributed by atoms with van der Waals surface area (Å²) in [5, 5.41) is 0. The van der Waals surface area contributed by atoms with Gasteiger partial charge in [0.2, 0.25) is 0 Å². The number of hydrogen-bond donors (Lipinski definition) is 0. The third-order valence-electron chi connectivity index (χ3n) is 3.83. The van der Waals surface area contributed by atoms with E-state index in [4.69, 9.17) is 18.9 Å². The molecule has 29 heavy (non-hydrogen) atoms. The van der Waals surface area contributed by atoms with E-state index in [-0.39, 0.29) is 5.57 Å². The van der Waals surface area contributed by atoms with Gasteiger partial charge in [0.15, 0.2) is 0 Å². The molecular weight excluding hydrogens is 487 g/mol. The summed E-state index contributed by atoms with van der Waals surface area (Å²) in [5.74, 6) is 1.10. The molecule has 0 saturated carbocycles. The molecular formula is C21H19IN2O5. The molecule has 0 bridgehead atoms. The third-order valence-corrected chi connectivity index (χ3v) is 4.63. The molecule has 0 saturated heterocycles. The standard InChI is InChI=1S/C21H19IN2O5/c1-26-14-18(20(25)27-2)17-9-3-4-10-19(17)28-15-7-5-8-16(13-15)29-21-23-11-6-12-24(21)22/h3-14,21H,1-2H3/b18-14+. The number of rotatable bonds is 7. The van der Waals surface area contributed by atoms with Crippen LogP contribution in [0.3, 0.4) is 0 Å². The average Bonchev–Trinajstić information content (AvgIpc) is 2.74. The van der Waals surface area contributed by atoms with Crippen LogP contribution in [0.2, 0.25) is 0 Å². The highest BCUT2D eigenvalue weighted by Gasteiger charge is 2.19. The summed E-state index contributed by atoms with van der Waals surface area (Å²) < 4.78 is 23.6. The van der Waals surface area contributed by atoms with Gasteiger partial charge in [0, 0.05) is 24.0 Å². The summed E-state index contributed by atoms with van der Waals surface area (Å²) in [6.07, 6.45) is 6.25. The molecule has 2 aromatic carbocycles. The van der Waals surface area contributed by atoms with E-state index in [1.165, 1.54) is 20.5 Å². The van der Waals surface area contributed by atoms with E-state index in [1.54, 1.807) is 36.5 Å². The van der Waals surface area contributed by atoms with Gasteiger partial charge in [0.05, 0.1) is 43.3 Å². The molecule has 1 heterocycles. The zero-order valence-corrected chi connectivity index (χ0v) is 18.0. The highest BCUT2D eigenvalue weighted by Crippen LogP contribution is 2.32. The van der Waals surface area contributed by atoms with Crippen LogP contribution in [0.1, 0.15) is 5.56 Å². The van der Waals surface area contributed by atoms with Crippen molar-refractivity contribution in [2.24, 2.45) is 4.99 Å². The number of nitrogens with zero attached hydrogens (tertiary/aromatic N) is 2. The Morgan fingerprint density at radius 3 is 2.69 bits per heavy atom. The number of halogens is 1. The van der Waals surface area contributed by atoms with Crippen molar-refractivity contribution in [1.29, 1.82) is 0 Å². The summed E-state index contributed by atoms with van der Waals surface area (Å²) >= 11 is 2.12. The van der Waals surface area contributed by atoms with Crippen molar-refractivity contribution in [3.63, 3.8) is 0 Å². The van der Waals surface area contributed by atoms with Crippen LogP contribution in [0.4, 0.5) is 0 Å².